The molecule has 2 aromatic heterocycles. The van der Waals surface area contributed by atoms with Gasteiger partial charge in [0.05, 0.1) is 16.2 Å². The maximum atomic E-state index is 11.3. The van der Waals surface area contributed by atoms with Crippen molar-refractivity contribution in [3.8, 4) is 11.3 Å². The van der Waals surface area contributed by atoms with E-state index in [0.29, 0.717) is 11.6 Å². The number of hydrogen-bond donors (Lipinski definition) is 1. The molecule has 0 bridgehead atoms. The van der Waals surface area contributed by atoms with E-state index in [1.807, 2.05) is 37.3 Å². The highest BCUT2D eigenvalue weighted by Gasteiger charge is 2.16. The summed E-state index contributed by atoms with van der Waals surface area (Å²) in [6.45, 7) is 2.49. The van der Waals surface area contributed by atoms with Gasteiger partial charge in [-0.1, -0.05) is 11.6 Å². The van der Waals surface area contributed by atoms with E-state index in [4.69, 9.17) is 11.6 Å². The lowest BCUT2D eigenvalue weighted by molar-refractivity contribution is 0.0685. The number of aromatic nitrogens is 2. The number of halogens is 1. The minimum atomic E-state index is -0.936. The summed E-state index contributed by atoms with van der Waals surface area (Å²) in [5.41, 5.74) is 2.75. The second-order valence-corrected chi connectivity index (χ2v) is 5.05. The molecule has 0 saturated heterocycles. The minimum absolute atomic E-state index is 0.270. The van der Waals surface area contributed by atoms with Crippen molar-refractivity contribution in [1.29, 1.82) is 0 Å². The van der Waals surface area contributed by atoms with E-state index < -0.39 is 5.97 Å². The number of carbonyl (C=O) groups is 1. The van der Waals surface area contributed by atoms with Gasteiger partial charge in [0, 0.05) is 23.7 Å². The smallest absolute Gasteiger partial charge is 0.352 e. The number of rotatable bonds is 3. The summed E-state index contributed by atoms with van der Waals surface area (Å²) in [7, 11) is 0. The maximum Gasteiger partial charge on any atom is 0.352 e. The van der Waals surface area contributed by atoms with E-state index >= 15 is 0 Å². The first-order chi connectivity index (χ1) is 10.1. The molecule has 3 aromatic rings. The molecular formula is C16H13ClN2O2. The molecule has 0 amide bonds. The van der Waals surface area contributed by atoms with Crippen molar-refractivity contribution < 1.29 is 9.90 Å². The van der Waals surface area contributed by atoms with Crippen LogP contribution in [0.3, 0.4) is 0 Å². The van der Waals surface area contributed by atoms with E-state index in [-0.39, 0.29) is 5.69 Å². The molecule has 0 saturated carbocycles. The van der Waals surface area contributed by atoms with Crippen molar-refractivity contribution in [2.24, 2.45) is 0 Å². The molecule has 4 nitrogen and oxygen atoms in total. The van der Waals surface area contributed by atoms with Crippen molar-refractivity contribution in [1.82, 2.24) is 9.55 Å². The molecule has 3 rings (SSSR count). The van der Waals surface area contributed by atoms with Gasteiger partial charge in [-0.3, -0.25) is 4.98 Å². The Morgan fingerprint density at radius 2 is 2.10 bits per heavy atom. The summed E-state index contributed by atoms with van der Waals surface area (Å²) in [6, 6.07) is 10.9. The Morgan fingerprint density at radius 1 is 1.29 bits per heavy atom. The van der Waals surface area contributed by atoms with Gasteiger partial charge < -0.3 is 9.67 Å². The van der Waals surface area contributed by atoms with Crippen LogP contribution < -0.4 is 0 Å². The van der Waals surface area contributed by atoms with Gasteiger partial charge in [-0.25, -0.2) is 4.79 Å². The zero-order chi connectivity index (χ0) is 15.0. The van der Waals surface area contributed by atoms with Crippen LogP contribution in [0.5, 0.6) is 0 Å². The third-order valence-electron chi connectivity index (χ3n) is 3.51. The maximum absolute atomic E-state index is 11.3. The van der Waals surface area contributed by atoms with Gasteiger partial charge >= 0.3 is 5.97 Å². The number of pyridine rings is 1. The van der Waals surface area contributed by atoms with Crippen LogP contribution in [0, 0.1) is 0 Å². The van der Waals surface area contributed by atoms with Gasteiger partial charge in [-0.05, 0) is 43.3 Å². The molecule has 0 aliphatic heterocycles. The molecule has 0 fully saturated rings. The lowest BCUT2D eigenvalue weighted by atomic mass is 10.1. The second-order valence-electron chi connectivity index (χ2n) is 4.65. The molecule has 0 aliphatic rings. The Hall–Kier alpha value is -2.33. The third kappa shape index (κ3) is 2.17. The standard InChI is InChI=1S/C16H13ClN2O2/c1-2-19-13(7-8-14(19)16(20)21)11-5-6-12(17)10-4-3-9-18-15(10)11/h3-9H,2H2,1H3,(H,20,21). The average Bonchev–Trinajstić information content (AvgIpc) is 2.92. The highest BCUT2D eigenvalue weighted by atomic mass is 35.5. The van der Waals surface area contributed by atoms with Crippen molar-refractivity contribution in [2.75, 3.05) is 0 Å². The van der Waals surface area contributed by atoms with E-state index in [0.717, 1.165) is 22.2 Å². The summed E-state index contributed by atoms with van der Waals surface area (Å²) in [6.07, 6.45) is 1.71. The molecule has 0 unspecified atom stereocenters. The first-order valence-electron chi connectivity index (χ1n) is 6.60. The highest BCUT2D eigenvalue weighted by molar-refractivity contribution is 6.35. The number of benzene rings is 1. The Morgan fingerprint density at radius 3 is 2.81 bits per heavy atom. The van der Waals surface area contributed by atoms with E-state index in [2.05, 4.69) is 4.98 Å². The quantitative estimate of drug-likeness (QED) is 0.793. The number of fused-ring (bicyclic) bond motifs is 1. The number of hydrogen-bond acceptors (Lipinski definition) is 2. The SMILES string of the molecule is CCn1c(C(=O)O)ccc1-c1ccc(Cl)c2cccnc12. The average molecular weight is 301 g/mol. The summed E-state index contributed by atoms with van der Waals surface area (Å²) in [5.74, 6) is -0.936. The van der Waals surface area contributed by atoms with Crippen molar-refractivity contribution in [3.63, 3.8) is 0 Å². The van der Waals surface area contributed by atoms with Crippen LogP contribution in [-0.4, -0.2) is 20.6 Å². The van der Waals surface area contributed by atoms with E-state index in [9.17, 15) is 9.90 Å². The predicted molar refractivity (Wildman–Crippen MR) is 82.8 cm³/mol. The Bertz CT molecular complexity index is 839. The number of nitrogens with zero attached hydrogens (tertiary/aromatic N) is 2. The van der Waals surface area contributed by atoms with Crippen molar-refractivity contribution in [3.05, 3.63) is 53.3 Å². The van der Waals surface area contributed by atoms with Gasteiger partial charge in [-0.15, -0.1) is 0 Å². The molecule has 0 spiro atoms. The fraction of sp³-hybridized carbons (Fsp3) is 0.125. The monoisotopic (exact) mass is 300 g/mol. The largest absolute Gasteiger partial charge is 0.477 e. The van der Waals surface area contributed by atoms with E-state index in [1.54, 1.807) is 16.8 Å². The van der Waals surface area contributed by atoms with Crippen molar-refractivity contribution in [2.45, 2.75) is 13.5 Å². The molecular weight excluding hydrogens is 288 g/mol. The van der Waals surface area contributed by atoms with Gasteiger partial charge in [0.25, 0.3) is 0 Å². The van der Waals surface area contributed by atoms with Gasteiger partial charge in [0.15, 0.2) is 0 Å². The molecule has 0 radical (unpaired) electrons. The summed E-state index contributed by atoms with van der Waals surface area (Å²) in [4.78, 5) is 15.7. The Kier molecular flexibility index (Phi) is 3.39. The normalized spacial score (nSPS) is 11.0. The van der Waals surface area contributed by atoms with E-state index in [1.165, 1.54) is 0 Å². The van der Waals surface area contributed by atoms with Crippen LogP contribution in [-0.2, 0) is 6.54 Å². The molecule has 2 heterocycles. The fourth-order valence-corrected chi connectivity index (χ4v) is 2.79. The van der Waals surface area contributed by atoms with Crippen molar-refractivity contribution >= 4 is 28.5 Å². The summed E-state index contributed by atoms with van der Waals surface area (Å²) >= 11 is 6.20. The summed E-state index contributed by atoms with van der Waals surface area (Å²) < 4.78 is 1.76. The molecule has 0 aliphatic carbocycles. The molecule has 0 atom stereocenters. The van der Waals surface area contributed by atoms with Crippen LogP contribution in [0.25, 0.3) is 22.2 Å². The number of aromatic carboxylic acids is 1. The number of carboxylic acid groups (broad SMARTS) is 1. The van der Waals surface area contributed by atoms with Gasteiger partial charge in [-0.2, -0.15) is 0 Å². The summed E-state index contributed by atoms with van der Waals surface area (Å²) in [5, 5.41) is 10.7. The zero-order valence-electron chi connectivity index (χ0n) is 11.4. The molecule has 1 N–H and O–H groups in total. The third-order valence-corrected chi connectivity index (χ3v) is 3.84. The molecule has 5 heteroatoms. The number of carboxylic acids is 1. The first kappa shape index (κ1) is 13.6. The van der Waals surface area contributed by atoms with Crippen LogP contribution in [0.2, 0.25) is 5.02 Å². The zero-order valence-corrected chi connectivity index (χ0v) is 12.1. The molecule has 1 aromatic carbocycles. The fourth-order valence-electron chi connectivity index (χ4n) is 2.57. The predicted octanol–water partition coefficient (Wildman–Crippen LogP) is 4.07. The van der Waals surface area contributed by atoms with Crippen LogP contribution in [0.1, 0.15) is 17.4 Å². The lowest BCUT2D eigenvalue weighted by Gasteiger charge is -2.11. The lowest BCUT2D eigenvalue weighted by Crippen LogP contribution is -2.08. The first-order valence-corrected chi connectivity index (χ1v) is 6.97. The molecule has 21 heavy (non-hydrogen) atoms. The Balaban J connectivity index is 2.31. The Labute approximate surface area is 126 Å². The topological polar surface area (TPSA) is 55.1 Å². The van der Waals surface area contributed by atoms with Crippen LogP contribution in [0.15, 0.2) is 42.6 Å². The van der Waals surface area contributed by atoms with Crippen LogP contribution >= 0.6 is 11.6 Å². The highest BCUT2D eigenvalue weighted by Crippen LogP contribution is 2.32. The van der Waals surface area contributed by atoms with Gasteiger partial charge in [0.2, 0.25) is 0 Å². The molecule has 106 valence electrons. The van der Waals surface area contributed by atoms with Crippen LogP contribution in [0.4, 0.5) is 0 Å². The minimum Gasteiger partial charge on any atom is -0.477 e. The second kappa shape index (κ2) is 5.22. The van der Waals surface area contributed by atoms with Gasteiger partial charge in [0.1, 0.15) is 5.69 Å².